The van der Waals surface area contributed by atoms with E-state index in [0.29, 0.717) is 22.1 Å². The van der Waals surface area contributed by atoms with Gasteiger partial charge in [0.1, 0.15) is 5.15 Å². The number of aryl methyl sites for hydroxylation is 1. The zero-order valence-corrected chi connectivity index (χ0v) is 18.9. The Kier molecular flexibility index (Phi) is 4.74. The SMILES string of the molecule is Cc1nc2c(-c3ccccc3)c(-c3ccnc(Cl)c3)[nH]n2c(=O)c1-c1ccc2ncccc2c1. The molecule has 4 aromatic heterocycles. The zero-order valence-electron chi connectivity index (χ0n) is 18.2. The Hall–Kier alpha value is -4.29. The van der Waals surface area contributed by atoms with E-state index in [2.05, 4.69) is 15.1 Å². The molecule has 0 bridgehead atoms. The van der Waals surface area contributed by atoms with Gasteiger partial charge in [-0.2, -0.15) is 4.52 Å². The number of nitrogens with one attached hydrogen (secondary N) is 1. The van der Waals surface area contributed by atoms with Gasteiger partial charge in [-0.15, -0.1) is 0 Å². The first-order chi connectivity index (χ1) is 16.6. The number of H-pyrrole nitrogens is 1. The topological polar surface area (TPSA) is 75.9 Å². The van der Waals surface area contributed by atoms with Crippen molar-refractivity contribution in [3.05, 3.63) is 106 Å². The summed E-state index contributed by atoms with van der Waals surface area (Å²) in [5.74, 6) is 0. The molecule has 0 saturated heterocycles. The highest BCUT2D eigenvalue weighted by molar-refractivity contribution is 6.29. The fraction of sp³-hybridized carbons (Fsp3) is 0.0370. The summed E-state index contributed by atoms with van der Waals surface area (Å²) in [6.45, 7) is 1.87. The number of aromatic nitrogens is 5. The van der Waals surface area contributed by atoms with Crippen LogP contribution < -0.4 is 5.56 Å². The maximum Gasteiger partial charge on any atom is 0.280 e. The van der Waals surface area contributed by atoms with Crippen molar-refractivity contribution < 1.29 is 0 Å². The number of nitrogens with zero attached hydrogens (tertiary/aromatic N) is 4. The fourth-order valence-electron chi connectivity index (χ4n) is 4.39. The largest absolute Gasteiger partial charge is 0.288 e. The Bertz CT molecular complexity index is 1750. The molecule has 2 aromatic carbocycles. The molecule has 0 spiro atoms. The van der Waals surface area contributed by atoms with E-state index in [0.717, 1.165) is 38.9 Å². The minimum Gasteiger partial charge on any atom is -0.288 e. The quantitative estimate of drug-likeness (QED) is 0.330. The number of halogens is 1. The van der Waals surface area contributed by atoms with Crippen LogP contribution in [0.25, 0.3) is 50.1 Å². The predicted octanol–water partition coefficient (Wildman–Crippen LogP) is 5.93. The maximum atomic E-state index is 13.8. The van der Waals surface area contributed by atoms with Gasteiger partial charge in [-0.25, -0.2) is 9.97 Å². The Morgan fingerprint density at radius 1 is 0.824 bits per heavy atom. The highest BCUT2D eigenvalue weighted by Crippen LogP contribution is 2.35. The van der Waals surface area contributed by atoms with Crippen LogP contribution in [0.5, 0.6) is 0 Å². The van der Waals surface area contributed by atoms with Gasteiger partial charge in [0, 0.05) is 23.3 Å². The molecule has 0 atom stereocenters. The van der Waals surface area contributed by atoms with Gasteiger partial charge in [0.2, 0.25) is 0 Å². The second-order valence-corrected chi connectivity index (χ2v) is 8.43. The standard InChI is InChI=1S/C27H18ClN5O/c1-16-23(19-9-10-21-18(14-19)8-5-12-29-21)27(34)33-26(31-16)24(17-6-3-2-4-7-17)25(32-33)20-11-13-30-22(28)15-20/h2-15,32H,1H3. The molecule has 4 heterocycles. The van der Waals surface area contributed by atoms with Crippen molar-refractivity contribution in [1.29, 1.82) is 0 Å². The van der Waals surface area contributed by atoms with Crippen LogP contribution in [0.2, 0.25) is 5.15 Å². The van der Waals surface area contributed by atoms with Crippen molar-refractivity contribution in [1.82, 2.24) is 24.6 Å². The van der Waals surface area contributed by atoms with Crippen LogP contribution in [0, 0.1) is 6.92 Å². The van der Waals surface area contributed by atoms with E-state index in [1.165, 1.54) is 4.52 Å². The second-order valence-electron chi connectivity index (χ2n) is 8.04. The summed E-state index contributed by atoms with van der Waals surface area (Å²) in [5.41, 5.74) is 6.61. The first-order valence-corrected chi connectivity index (χ1v) is 11.2. The summed E-state index contributed by atoms with van der Waals surface area (Å²) in [4.78, 5) is 27.2. The van der Waals surface area contributed by atoms with Crippen LogP contribution in [-0.2, 0) is 0 Å². The van der Waals surface area contributed by atoms with E-state index in [1.54, 1.807) is 18.5 Å². The summed E-state index contributed by atoms with van der Waals surface area (Å²) < 4.78 is 1.52. The first-order valence-electron chi connectivity index (χ1n) is 10.8. The number of aromatic amines is 1. The fourth-order valence-corrected chi connectivity index (χ4v) is 4.56. The molecule has 0 radical (unpaired) electrons. The average Bonchev–Trinajstić information content (AvgIpc) is 3.24. The van der Waals surface area contributed by atoms with Crippen LogP contribution >= 0.6 is 11.6 Å². The highest BCUT2D eigenvalue weighted by Gasteiger charge is 2.21. The third-order valence-electron chi connectivity index (χ3n) is 5.93. The van der Waals surface area contributed by atoms with Crippen molar-refractivity contribution in [3.8, 4) is 33.5 Å². The summed E-state index contributed by atoms with van der Waals surface area (Å²) >= 11 is 6.19. The molecule has 6 nitrogen and oxygen atoms in total. The van der Waals surface area contributed by atoms with Crippen LogP contribution in [-0.4, -0.2) is 24.6 Å². The zero-order chi connectivity index (χ0) is 23.2. The monoisotopic (exact) mass is 463 g/mol. The number of hydrogen-bond donors (Lipinski definition) is 1. The van der Waals surface area contributed by atoms with Crippen LogP contribution in [0.3, 0.4) is 0 Å². The van der Waals surface area contributed by atoms with Gasteiger partial charge < -0.3 is 0 Å². The molecule has 6 aromatic rings. The second kappa shape index (κ2) is 7.93. The van der Waals surface area contributed by atoms with Gasteiger partial charge >= 0.3 is 0 Å². The van der Waals surface area contributed by atoms with Gasteiger partial charge in [0.25, 0.3) is 5.56 Å². The number of hydrogen-bond acceptors (Lipinski definition) is 4. The minimum atomic E-state index is -0.172. The summed E-state index contributed by atoms with van der Waals surface area (Å²) in [7, 11) is 0. The molecule has 0 saturated carbocycles. The summed E-state index contributed by atoms with van der Waals surface area (Å²) in [6, 6.07) is 23.2. The van der Waals surface area contributed by atoms with Crippen LogP contribution in [0.15, 0.2) is 90.0 Å². The summed E-state index contributed by atoms with van der Waals surface area (Å²) in [5, 5.41) is 4.63. The van der Waals surface area contributed by atoms with Crippen molar-refractivity contribution in [2.75, 3.05) is 0 Å². The lowest BCUT2D eigenvalue weighted by Crippen LogP contribution is -2.19. The lowest BCUT2D eigenvalue weighted by atomic mass is 10.0. The van der Waals surface area contributed by atoms with E-state index >= 15 is 0 Å². The molecule has 0 fully saturated rings. The number of benzene rings is 2. The average molecular weight is 464 g/mol. The molecule has 164 valence electrons. The normalized spacial score (nSPS) is 11.4. The molecule has 6 rings (SSSR count). The molecular weight excluding hydrogens is 446 g/mol. The van der Waals surface area contributed by atoms with Crippen molar-refractivity contribution in [3.63, 3.8) is 0 Å². The molecule has 0 unspecified atom stereocenters. The van der Waals surface area contributed by atoms with Gasteiger partial charge in [-0.1, -0.05) is 54.1 Å². The van der Waals surface area contributed by atoms with Gasteiger partial charge in [0.15, 0.2) is 5.65 Å². The number of fused-ring (bicyclic) bond motifs is 2. The molecule has 34 heavy (non-hydrogen) atoms. The van der Waals surface area contributed by atoms with E-state index in [9.17, 15) is 4.79 Å². The minimum absolute atomic E-state index is 0.172. The maximum absolute atomic E-state index is 13.8. The smallest absolute Gasteiger partial charge is 0.280 e. The Morgan fingerprint density at radius 3 is 2.50 bits per heavy atom. The van der Waals surface area contributed by atoms with Crippen molar-refractivity contribution >= 4 is 28.2 Å². The van der Waals surface area contributed by atoms with Crippen LogP contribution in [0.4, 0.5) is 0 Å². The third-order valence-corrected chi connectivity index (χ3v) is 6.14. The molecule has 0 aliphatic heterocycles. The molecule has 0 amide bonds. The molecular formula is C27H18ClN5O. The first kappa shape index (κ1) is 20.3. The van der Waals surface area contributed by atoms with Gasteiger partial charge in [0.05, 0.1) is 28.0 Å². The molecule has 7 heteroatoms. The lowest BCUT2D eigenvalue weighted by molar-refractivity contribution is 0.897. The molecule has 0 aliphatic rings. The van der Waals surface area contributed by atoms with Gasteiger partial charge in [-0.3, -0.25) is 14.9 Å². The lowest BCUT2D eigenvalue weighted by Gasteiger charge is -2.08. The number of pyridine rings is 2. The number of rotatable bonds is 3. The Labute approximate surface area is 199 Å². The predicted molar refractivity (Wildman–Crippen MR) is 135 cm³/mol. The summed E-state index contributed by atoms with van der Waals surface area (Å²) in [6.07, 6.45) is 3.40. The molecule has 0 aliphatic carbocycles. The van der Waals surface area contributed by atoms with E-state index in [4.69, 9.17) is 16.6 Å². The van der Waals surface area contributed by atoms with Gasteiger partial charge in [-0.05, 0) is 48.4 Å². The van der Waals surface area contributed by atoms with E-state index < -0.39 is 0 Å². The van der Waals surface area contributed by atoms with Crippen LogP contribution in [0.1, 0.15) is 5.69 Å². The van der Waals surface area contributed by atoms with E-state index in [-0.39, 0.29) is 5.56 Å². The van der Waals surface area contributed by atoms with Crippen molar-refractivity contribution in [2.24, 2.45) is 0 Å². The Balaban J connectivity index is 1.66. The highest BCUT2D eigenvalue weighted by atomic mass is 35.5. The Morgan fingerprint density at radius 2 is 1.68 bits per heavy atom. The molecule has 1 N–H and O–H groups in total. The van der Waals surface area contributed by atoms with E-state index in [1.807, 2.05) is 73.7 Å². The van der Waals surface area contributed by atoms with Crippen molar-refractivity contribution in [2.45, 2.75) is 6.92 Å². The third kappa shape index (κ3) is 3.27.